The Labute approximate surface area is 208 Å². The number of carbonyl (C=O) groups is 1. The van der Waals surface area contributed by atoms with Crippen molar-refractivity contribution in [3.63, 3.8) is 0 Å². The molecule has 5 aromatic rings. The van der Waals surface area contributed by atoms with Gasteiger partial charge in [0.15, 0.2) is 9.50 Å². The Morgan fingerprint density at radius 2 is 1.76 bits per heavy atom. The average molecular weight is 505 g/mol. The maximum absolute atomic E-state index is 12.6. The molecule has 6 nitrogen and oxygen atoms in total. The number of para-hydroxylation sites is 1. The Morgan fingerprint density at radius 1 is 0.971 bits per heavy atom. The quantitative estimate of drug-likeness (QED) is 0.231. The lowest BCUT2D eigenvalue weighted by Gasteiger charge is -2.09. The molecule has 0 saturated carbocycles. The molecule has 9 heteroatoms. The van der Waals surface area contributed by atoms with Crippen molar-refractivity contribution in [3.05, 3.63) is 88.7 Å². The summed E-state index contributed by atoms with van der Waals surface area (Å²) in [6.07, 6.45) is 0. The van der Waals surface area contributed by atoms with Crippen LogP contribution >= 0.6 is 34.9 Å². The summed E-state index contributed by atoms with van der Waals surface area (Å²) in [7, 11) is 1.67. The van der Waals surface area contributed by atoms with E-state index in [1.807, 2.05) is 48.5 Å². The van der Waals surface area contributed by atoms with Crippen molar-refractivity contribution >= 4 is 67.6 Å². The number of carbonyl (C=O) groups excluding carboxylic acids is 1. The normalized spacial score (nSPS) is 11.2. The van der Waals surface area contributed by atoms with Crippen LogP contribution in [0.25, 0.3) is 21.1 Å². The summed E-state index contributed by atoms with van der Waals surface area (Å²) in [5.74, 6) is 0.861. The van der Waals surface area contributed by atoms with E-state index in [4.69, 9.17) is 4.98 Å². The number of fused-ring (bicyclic) bond motifs is 2. The molecule has 0 aliphatic rings. The third-order valence-electron chi connectivity index (χ3n) is 5.13. The fourth-order valence-corrected chi connectivity index (χ4v) is 6.25. The number of thioether (sulfide) groups is 2. The Bertz CT molecular complexity index is 1550. The van der Waals surface area contributed by atoms with Gasteiger partial charge in [0.1, 0.15) is 0 Å². The number of anilines is 1. The van der Waals surface area contributed by atoms with Gasteiger partial charge < -0.3 is 5.32 Å². The maximum atomic E-state index is 12.6. The molecule has 0 unspecified atom stereocenters. The number of hydrogen-bond acceptors (Lipinski definition) is 7. The summed E-state index contributed by atoms with van der Waals surface area (Å²) in [6, 6.07) is 23.3. The zero-order valence-electron chi connectivity index (χ0n) is 18.2. The molecule has 3 aromatic carbocycles. The Balaban J connectivity index is 1.23. The highest BCUT2D eigenvalue weighted by Gasteiger charge is 2.12. The highest BCUT2D eigenvalue weighted by Crippen LogP contribution is 2.33. The number of thiazole rings is 1. The van der Waals surface area contributed by atoms with Crippen LogP contribution in [0.15, 0.2) is 87.1 Å². The van der Waals surface area contributed by atoms with Gasteiger partial charge in [-0.1, -0.05) is 66.0 Å². The molecule has 0 bridgehead atoms. The van der Waals surface area contributed by atoms with Crippen LogP contribution in [-0.4, -0.2) is 26.2 Å². The van der Waals surface area contributed by atoms with E-state index in [-0.39, 0.29) is 17.2 Å². The Hall–Kier alpha value is -3.14. The lowest BCUT2D eigenvalue weighted by molar-refractivity contribution is -0.113. The maximum Gasteiger partial charge on any atom is 0.261 e. The van der Waals surface area contributed by atoms with Gasteiger partial charge in [-0.15, -0.1) is 11.3 Å². The van der Waals surface area contributed by atoms with E-state index in [2.05, 4.69) is 22.4 Å². The standard InChI is InChI=1S/C25H20N4O2S3/c1-29-23(31)18-9-5-6-10-19(18)27-24(29)32-15-22(30)26-17-11-12-20-21(13-17)34-25(28-20)33-14-16-7-3-2-4-8-16/h2-13H,14-15H2,1H3,(H,26,30). The molecule has 0 spiro atoms. The van der Waals surface area contributed by atoms with Crippen LogP contribution in [0.2, 0.25) is 0 Å². The van der Waals surface area contributed by atoms with Crippen LogP contribution < -0.4 is 10.9 Å². The first-order valence-corrected chi connectivity index (χ1v) is 13.3. The molecule has 0 radical (unpaired) electrons. The monoisotopic (exact) mass is 504 g/mol. The smallest absolute Gasteiger partial charge is 0.261 e. The zero-order chi connectivity index (χ0) is 23.5. The molecule has 2 heterocycles. The van der Waals surface area contributed by atoms with Gasteiger partial charge in [-0.25, -0.2) is 9.97 Å². The van der Waals surface area contributed by atoms with Gasteiger partial charge in [0, 0.05) is 18.5 Å². The van der Waals surface area contributed by atoms with Crippen LogP contribution in [0, 0.1) is 0 Å². The summed E-state index contributed by atoms with van der Waals surface area (Å²) in [5, 5.41) is 4.02. The minimum Gasteiger partial charge on any atom is -0.325 e. The first-order chi connectivity index (χ1) is 16.6. The SMILES string of the molecule is Cn1c(SCC(=O)Nc2ccc3nc(SCc4ccccc4)sc3c2)nc2ccccc2c1=O. The average Bonchev–Trinajstić information content (AvgIpc) is 3.27. The van der Waals surface area contributed by atoms with Crippen LogP contribution in [0.4, 0.5) is 5.69 Å². The lowest BCUT2D eigenvalue weighted by Crippen LogP contribution is -2.21. The van der Waals surface area contributed by atoms with Crippen molar-refractivity contribution in [2.45, 2.75) is 15.2 Å². The number of rotatable bonds is 7. The second kappa shape index (κ2) is 10.0. The molecular weight excluding hydrogens is 485 g/mol. The first kappa shape index (κ1) is 22.6. The van der Waals surface area contributed by atoms with E-state index in [0.29, 0.717) is 16.1 Å². The van der Waals surface area contributed by atoms with Crippen molar-refractivity contribution in [2.75, 3.05) is 11.1 Å². The van der Waals surface area contributed by atoms with Gasteiger partial charge in [-0.3, -0.25) is 14.2 Å². The van der Waals surface area contributed by atoms with Gasteiger partial charge in [-0.2, -0.15) is 0 Å². The van der Waals surface area contributed by atoms with Crippen molar-refractivity contribution in [2.24, 2.45) is 7.05 Å². The summed E-state index contributed by atoms with van der Waals surface area (Å²) in [4.78, 5) is 34.3. The zero-order valence-corrected chi connectivity index (χ0v) is 20.7. The van der Waals surface area contributed by atoms with E-state index < -0.39 is 0 Å². The summed E-state index contributed by atoms with van der Waals surface area (Å²) >= 11 is 4.57. The minimum atomic E-state index is -0.157. The molecule has 170 valence electrons. The van der Waals surface area contributed by atoms with Crippen molar-refractivity contribution < 1.29 is 4.79 Å². The predicted octanol–water partition coefficient (Wildman–Crippen LogP) is 5.57. The number of hydrogen-bond donors (Lipinski definition) is 1. The lowest BCUT2D eigenvalue weighted by atomic mass is 10.2. The first-order valence-electron chi connectivity index (χ1n) is 10.5. The van der Waals surface area contributed by atoms with E-state index in [0.717, 1.165) is 26.0 Å². The topological polar surface area (TPSA) is 76.9 Å². The number of benzene rings is 3. The highest BCUT2D eigenvalue weighted by atomic mass is 32.2. The van der Waals surface area contributed by atoms with E-state index in [9.17, 15) is 9.59 Å². The molecule has 0 saturated heterocycles. The van der Waals surface area contributed by atoms with Crippen LogP contribution in [-0.2, 0) is 17.6 Å². The largest absolute Gasteiger partial charge is 0.325 e. The molecule has 0 aliphatic carbocycles. The summed E-state index contributed by atoms with van der Waals surface area (Å²) in [5.41, 5.74) is 3.41. The van der Waals surface area contributed by atoms with Gasteiger partial charge >= 0.3 is 0 Å². The van der Waals surface area contributed by atoms with E-state index in [1.165, 1.54) is 21.9 Å². The number of nitrogens with one attached hydrogen (secondary N) is 1. The third-order valence-corrected chi connectivity index (χ3v) is 8.39. The molecule has 0 aliphatic heterocycles. The highest BCUT2D eigenvalue weighted by molar-refractivity contribution is 8.00. The second-order valence-electron chi connectivity index (χ2n) is 7.55. The molecule has 1 N–H and O–H groups in total. The predicted molar refractivity (Wildman–Crippen MR) is 142 cm³/mol. The van der Waals surface area contributed by atoms with Gasteiger partial charge in [0.2, 0.25) is 5.91 Å². The molecule has 0 atom stereocenters. The van der Waals surface area contributed by atoms with Crippen molar-refractivity contribution in [1.82, 2.24) is 14.5 Å². The fourth-order valence-electron chi connectivity index (χ4n) is 3.42. The third kappa shape index (κ3) is 5.01. The fraction of sp³-hybridized carbons (Fsp3) is 0.120. The molecule has 34 heavy (non-hydrogen) atoms. The Morgan fingerprint density at radius 3 is 2.62 bits per heavy atom. The number of aromatic nitrogens is 3. The molecule has 0 fully saturated rings. The van der Waals surface area contributed by atoms with Crippen molar-refractivity contribution in [1.29, 1.82) is 0 Å². The van der Waals surface area contributed by atoms with Gasteiger partial charge in [-0.05, 0) is 35.9 Å². The van der Waals surface area contributed by atoms with Crippen LogP contribution in [0.3, 0.4) is 0 Å². The van der Waals surface area contributed by atoms with E-state index in [1.54, 1.807) is 42.3 Å². The van der Waals surface area contributed by atoms with Gasteiger partial charge in [0.25, 0.3) is 5.56 Å². The molecule has 1 amide bonds. The van der Waals surface area contributed by atoms with Crippen LogP contribution in [0.5, 0.6) is 0 Å². The second-order valence-corrected chi connectivity index (χ2v) is 10.7. The number of amides is 1. The molecule has 5 rings (SSSR count). The Kier molecular flexibility index (Phi) is 6.66. The van der Waals surface area contributed by atoms with Gasteiger partial charge in [0.05, 0.1) is 26.9 Å². The minimum absolute atomic E-state index is 0.120. The summed E-state index contributed by atoms with van der Waals surface area (Å²) < 4.78 is 3.51. The van der Waals surface area contributed by atoms with Crippen LogP contribution in [0.1, 0.15) is 5.56 Å². The summed E-state index contributed by atoms with van der Waals surface area (Å²) in [6.45, 7) is 0. The van der Waals surface area contributed by atoms with Crippen molar-refractivity contribution in [3.8, 4) is 0 Å². The van der Waals surface area contributed by atoms with E-state index >= 15 is 0 Å². The molecule has 2 aromatic heterocycles. The molecular formula is C25H20N4O2S3. The number of nitrogens with zero attached hydrogens (tertiary/aromatic N) is 3.